The van der Waals surface area contributed by atoms with Gasteiger partial charge in [0.2, 0.25) is 5.91 Å². The van der Waals surface area contributed by atoms with Gasteiger partial charge in [-0.2, -0.15) is 0 Å². The number of ether oxygens (including phenoxy) is 1. The highest BCUT2D eigenvalue weighted by Crippen LogP contribution is 2.12. The maximum absolute atomic E-state index is 11.5. The number of morpholine rings is 1. The van der Waals surface area contributed by atoms with Crippen LogP contribution in [0.25, 0.3) is 0 Å². The van der Waals surface area contributed by atoms with Crippen LogP contribution in [-0.4, -0.2) is 67.7 Å². The summed E-state index contributed by atoms with van der Waals surface area (Å²) in [5.74, 6) is 0.166. The highest BCUT2D eigenvalue weighted by atomic mass is 16.5. The highest BCUT2D eigenvalue weighted by molar-refractivity contribution is 5.79. The van der Waals surface area contributed by atoms with Crippen molar-refractivity contribution in [1.82, 2.24) is 9.80 Å². The van der Waals surface area contributed by atoms with Crippen LogP contribution in [0.15, 0.2) is 0 Å². The second kappa shape index (κ2) is 4.47. The summed E-state index contributed by atoms with van der Waals surface area (Å²) in [7, 11) is 2.08. The molecular weight excluding hydrogens is 194 g/mol. The first kappa shape index (κ1) is 10.9. The van der Waals surface area contributed by atoms with Crippen LogP contribution >= 0.6 is 0 Å². The average molecular weight is 213 g/mol. The summed E-state index contributed by atoms with van der Waals surface area (Å²) in [6.45, 7) is 4.01. The molecule has 2 aliphatic rings. The minimum Gasteiger partial charge on any atom is -0.374 e. The number of hydrogen-bond acceptors (Lipinski definition) is 4. The fraction of sp³-hybridized carbons (Fsp3) is 0.900. The van der Waals surface area contributed by atoms with Gasteiger partial charge in [0, 0.05) is 38.6 Å². The number of likely N-dealkylation sites (N-methyl/N-ethyl adjacent to an activating group) is 1. The number of amides is 1. The molecule has 5 nitrogen and oxygen atoms in total. The van der Waals surface area contributed by atoms with E-state index in [1.165, 1.54) is 0 Å². The number of carbonyl (C=O) groups is 1. The van der Waals surface area contributed by atoms with Crippen molar-refractivity contribution in [2.24, 2.45) is 5.73 Å². The molecule has 2 aliphatic heterocycles. The fourth-order valence-corrected chi connectivity index (χ4v) is 2.20. The lowest BCUT2D eigenvalue weighted by Gasteiger charge is -2.32. The first-order valence-corrected chi connectivity index (χ1v) is 5.48. The average Bonchev–Trinajstić information content (AvgIpc) is 2.45. The Morgan fingerprint density at radius 1 is 1.53 bits per heavy atom. The van der Waals surface area contributed by atoms with Gasteiger partial charge < -0.3 is 20.3 Å². The second-order valence-electron chi connectivity index (χ2n) is 4.52. The van der Waals surface area contributed by atoms with Gasteiger partial charge in [0.05, 0.1) is 12.7 Å². The molecule has 2 saturated heterocycles. The molecule has 0 bridgehead atoms. The molecule has 2 unspecified atom stereocenters. The van der Waals surface area contributed by atoms with E-state index < -0.39 is 0 Å². The third-order valence-corrected chi connectivity index (χ3v) is 3.01. The summed E-state index contributed by atoms with van der Waals surface area (Å²) >= 11 is 0. The van der Waals surface area contributed by atoms with Gasteiger partial charge in [-0.3, -0.25) is 4.79 Å². The number of likely N-dealkylation sites (tertiary alicyclic amines) is 1. The molecule has 2 N–H and O–H groups in total. The summed E-state index contributed by atoms with van der Waals surface area (Å²) in [6, 6.07) is 0.0128. The van der Waals surface area contributed by atoms with E-state index >= 15 is 0 Å². The quantitative estimate of drug-likeness (QED) is 0.631. The van der Waals surface area contributed by atoms with Crippen molar-refractivity contribution in [3.8, 4) is 0 Å². The summed E-state index contributed by atoms with van der Waals surface area (Å²) < 4.78 is 5.62. The molecule has 86 valence electrons. The van der Waals surface area contributed by atoms with Crippen LogP contribution in [0, 0.1) is 0 Å². The Bertz CT molecular complexity index is 247. The van der Waals surface area contributed by atoms with Crippen LogP contribution in [0.4, 0.5) is 0 Å². The van der Waals surface area contributed by atoms with Crippen LogP contribution in [0.1, 0.15) is 6.42 Å². The molecule has 0 saturated carbocycles. The lowest BCUT2D eigenvalue weighted by Crippen LogP contribution is -2.46. The van der Waals surface area contributed by atoms with E-state index in [2.05, 4.69) is 11.9 Å². The van der Waals surface area contributed by atoms with E-state index in [0.29, 0.717) is 19.5 Å². The fourth-order valence-electron chi connectivity index (χ4n) is 2.20. The van der Waals surface area contributed by atoms with E-state index in [1.807, 2.05) is 4.90 Å². The molecule has 0 radical (unpaired) electrons. The molecule has 1 amide bonds. The third kappa shape index (κ3) is 2.68. The highest BCUT2D eigenvalue weighted by Gasteiger charge is 2.30. The topological polar surface area (TPSA) is 58.8 Å². The second-order valence-corrected chi connectivity index (χ2v) is 4.52. The van der Waals surface area contributed by atoms with Gasteiger partial charge in [-0.1, -0.05) is 0 Å². The maximum Gasteiger partial charge on any atom is 0.224 e. The molecule has 0 aromatic heterocycles. The van der Waals surface area contributed by atoms with Gasteiger partial charge in [0.1, 0.15) is 0 Å². The van der Waals surface area contributed by atoms with Gasteiger partial charge in [0.15, 0.2) is 0 Å². The van der Waals surface area contributed by atoms with E-state index in [1.54, 1.807) is 0 Å². The monoisotopic (exact) mass is 213 g/mol. The summed E-state index contributed by atoms with van der Waals surface area (Å²) in [5, 5.41) is 0. The van der Waals surface area contributed by atoms with Crippen molar-refractivity contribution >= 4 is 5.91 Å². The van der Waals surface area contributed by atoms with Gasteiger partial charge >= 0.3 is 0 Å². The number of nitrogens with two attached hydrogens (primary N) is 1. The molecule has 0 aromatic rings. The number of carbonyl (C=O) groups excluding carboxylic acids is 1. The zero-order valence-electron chi connectivity index (χ0n) is 9.19. The van der Waals surface area contributed by atoms with Crippen molar-refractivity contribution in [2.75, 3.05) is 39.8 Å². The Hall–Kier alpha value is -0.650. The predicted molar refractivity (Wildman–Crippen MR) is 56.4 cm³/mol. The van der Waals surface area contributed by atoms with Crippen LogP contribution in [0.2, 0.25) is 0 Å². The molecule has 5 heteroatoms. The van der Waals surface area contributed by atoms with Crippen molar-refractivity contribution in [3.05, 3.63) is 0 Å². The molecule has 2 atom stereocenters. The number of hydrogen-bond donors (Lipinski definition) is 1. The van der Waals surface area contributed by atoms with Crippen LogP contribution in [0.5, 0.6) is 0 Å². The number of rotatable bonds is 2. The van der Waals surface area contributed by atoms with E-state index in [-0.39, 0.29) is 18.1 Å². The Labute approximate surface area is 90.1 Å². The van der Waals surface area contributed by atoms with E-state index in [0.717, 1.165) is 19.7 Å². The molecule has 2 heterocycles. The minimum absolute atomic E-state index is 0.0128. The van der Waals surface area contributed by atoms with Crippen molar-refractivity contribution in [3.63, 3.8) is 0 Å². The Morgan fingerprint density at radius 2 is 2.33 bits per heavy atom. The first-order valence-electron chi connectivity index (χ1n) is 5.48. The van der Waals surface area contributed by atoms with Gasteiger partial charge in [0.25, 0.3) is 0 Å². The van der Waals surface area contributed by atoms with Crippen molar-refractivity contribution < 1.29 is 9.53 Å². The largest absolute Gasteiger partial charge is 0.374 e. The van der Waals surface area contributed by atoms with Crippen molar-refractivity contribution in [2.45, 2.75) is 18.6 Å². The molecule has 0 aromatic carbocycles. The third-order valence-electron chi connectivity index (χ3n) is 3.01. The van der Waals surface area contributed by atoms with E-state index in [4.69, 9.17) is 10.5 Å². The number of nitrogens with zero attached hydrogens (tertiary/aromatic N) is 2. The lowest BCUT2D eigenvalue weighted by molar-refractivity contribution is -0.130. The van der Waals surface area contributed by atoms with Gasteiger partial charge in [-0.25, -0.2) is 0 Å². The van der Waals surface area contributed by atoms with Gasteiger partial charge in [-0.05, 0) is 7.05 Å². The summed E-state index contributed by atoms with van der Waals surface area (Å²) in [6.07, 6.45) is 0.640. The molecule has 2 fully saturated rings. The summed E-state index contributed by atoms with van der Waals surface area (Å²) in [4.78, 5) is 15.6. The molecular formula is C10H19N3O2. The predicted octanol–water partition coefficient (Wildman–Crippen LogP) is -1.12. The molecule has 15 heavy (non-hydrogen) atoms. The minimum atomic E-state index is 0.0128. The molecule has 2 rings (SSSR count). The maximum atomic E-state index is 11.5. The van der Waals surface area contributed by atoms with Crippen LogP contribution in [-0.2, 0) is 9.53 Å². The standard InChI is InChI=1S/C10H19N3O2/c1-12-2-3-15-9(6-12)7-13-5-8(11)4-10(13)14/h8-9H,2-7,11H2,1H3. The first-order chi connectivity index (χ1) is 7.15. The van der Waals surface area contributed by atoms with Crippen LogP contribution < -0.4 is 5.73 Å². The Morgan fingerprint density at radius 3 is 2.93 bits per heavy atom. The Balaban J connectivity index is 1.83. The lowest BCUT2D eigenvalue weighted by atomic mass is 10.2. The molecule has 0 aliphatic carbocycles. The zero-order valence-corrected chi connectivity index (χ0v) is 9.19. The van der Waals surface area contributed by atoms with Crippen molar-refractivity contribution in [1.29, 1.82) is 0 Å². The van der Waals surface area contributed by atoms with E-state index in [9.17, 15) is 4.79 Å². The Kier molecular flexibility index (Phi) is 3.23. The normalized spacial score (nSPS) is 33.7. The van der Waals surface area contributed by atoms with Crippen LogP contribution in [0.3, 0.4) is 0 Å². The smallest absolute Gasteiger partial charge is 0.224 e. The van der Waals surface area contributed by atoms with Gasteiger partial charge in [-0.15, -0.1) is 0 Å². The zero-order chi connectivity index (χ0) is 10.8. The SMILES string of the molecule is CN1CCOC(CN2CC(N)CC2=O)C1. The molecule has 0 spiro atoms. The summed E-state index contributed by atoms with van der Waals surface area (Å²) in [5.41, 5.74) is 5.73.